The van der Waals surface area contributed by atoms with Gasteiger partial charge in [0.1, 0.15) is 5.52 Å². The van der Waals surface area contributed by atoms with Crippen LogP contribution < -0.4 is 11.5 Å². The SMILES string of the molecule is Cc1cnc2c(N)nc(N)nc2n1. The number of aromatic nitrogens is 4. The van der Waals surface area contributed by atoms with Gasteiger partial charge in [-0.05, 0) is 6.92 Å². The van der Waals surface area contributed by atoms with Crippen LogP contribution in [0.3, 0.4) is 0 Å². The fourth-order valence-corrected chi connectivity index (χ4v) is 1.03. The van der Waals surface area contributed by atoms with Crippen LogP contribution in [0.4, 0.5) is 11.8 Å². The van der Waals surface area contributed by atoms with E-state index < -0.39 is 0 Å². The summed E-state index contributed by atoms with van der Waals surface area (Å²) in [5.41, 5.74) is 12.7. The maximum Gasteiger partial charge on any atom is 0.224 e. The molecule has 0 aromatic carbocycles. The summed E-state index contributed by atoms with van der Waals surface area (Å²) >= 11 is 0. The summed E-state index contributed by atoms with van der Waals surface area (Å²) in [6, 6.07) is 0. The second-order valence-corrected chi connectivity index (χ2v) is 2.65. The minimum absolute atomic E-state index is 0.116. The molecule has 0 saturated carbocycles. The number of fused-ring (bicyclic) bond motifs is 1. The fraction of sp³-hybridized carbons (Fsp3) is 0.143. The molecule has 0 unspecified atom stereocenters. The van der Waals surface area contributed by atoms with Crippen molar-refractivity contribution in [1.82, 2.24) is 19.9 Å². The molecule has 0 amide bonds. The quantitative estimate of drug-likeness (QED) is 0.580. The van der Waals surface area contributed by atoms with E-state index in [0.29, 0.717) is 11.2 Å². The molecular weight excluding hydrogens is 168 g/mol. The van der Waals surface area contributed by atoms with Crippen molar-refractivity contribution in [1.29, 1.82) is 0 Å². The molecule has 0 spiro atoms. The Kier molecular flexibility index (Phi) is 1.48. The van der Waals surface area contributed by atoms with Gasteiger partial charge in [-0.1, -0.05) is 0 Å². The first-order valence-corrected chi connectivity index (χ1v) is 3.69. The van der Waals surface area contributed by atoms with Crippen molar-refractivity contribution in [3.05, 3.63) is 11.9 Å². The van der Waals surface area contributed by atoms with Gasteiger partial charge < -0.3 is 11.5 Å². The maximum atomic E-state index is 5.57. The zero-order chi connectivity index (χ0) is 9.42. The average molecular weight is 176 g/mol. The first-order chi connectivity index (χ1) is 6.16. The minimum Gasteiger partial charge on any atom is -0.382 e. The molecule has 0 aliphatic carbocycles. The molecule has 13 heavy (non-hydrogen) atoms. The monoisotopic (exact) mass is 176 g/mol. The Morgan fingerprint density at radius 2 is 1.92 bits per heavy atom. The number of nitrogens with zero attached hydrogens (tertiary/aromatic N) is 4. The van der Waals surface area contributed by atoms with Crippen molar-refractivity contribution >= 4 is 22.9 Å². The van der Waals surface area contributed by atoms with Gasteiger partial charge in [-0.25, -0.2) is 9.97 Å². The Morgan fingerprint density at radius 1 is 1.15 bits per heavy atom. The van der Waals surface area contributed by atoms with Gasteiger partial charge in [0, 0.05) is 6.20 Å². The lowest BCUT2D eigenvalue weighted by Crippen LogP contribution is -2.03. The van der Waals surface area contributed by atoms with Crippen molar-refractivity contribution in [2.24, 2.45) is 0 Å². The molecule has 2 aromatic rings. The molecule has 0 saturated heterocycles. The van der Waals surface area contributed by atoms with Gasteiger partial charge >= 0.3 is 0 Å². The van der Waals surface area contributed by atoms with E-state index in [0.717, 1.165) is 5.69 Å². The Morgan fingerprint density at radius 3 is 2.69 bits per heavy atom. The molecule has 2 aromatic heterocycles. The van der Waals surface area contributed by atoms with E-state index in [2.05, 4.69) is 19.9 Å². The third-order valence-corrected chi connectivity index (χ3v) is 1.57. The van der Waals surface area contributed by atoms with E-state index in [9.17, 15) is 0 Å². The summed E-state index contributed by atoms with van der Waals surface area (Å²) < 4.78 is 0. The molecule has 66 valence electrons. The highest BCUT2D eigenvalue weighted by Gasteiger charge is 2.04. The fourth-order valence-electron chi connectivity index (χ4n) is 1.03. The molecular formula is C7H8N6. The summed E-state index contributed by atoms with van der Waals surface area (Å²) in [7, 11) is 0. The highest BCUT2D eigenvalue weighted by atomic mass is 15.1. The lowest BCUT2D eigenvalue weighted by Gasteiger charge is -2.00. The van der Waals surface area contributed by atoms with Crippen LogP contribution >= 0.6 is 0 Å². The molecule has 0 fully saturated rings. The summed E-state index contributed by atoms with van der Waals surface area (Å²) in [5, 5.41) is 0. The number of aryl methyl sites for hydroxylation is 1. The van der Waals surface area contributed by atoms with E-state index in [4.69, 9.17) is 11.5 Å². The Hall–Kier alpha value is -1.98. The topological polar surface area (TPSA) is 104 Å². The van der Waals surface area contributed by atoms with Gasteiger partial charge in [0.15, 0.2) is 11.5 Å². The molecule has 0 atom stereocenters. The van der Waals surface area contributed by atoms with E-state index in [1.807, 2.05) is 6.92 Å². The van der Waals surface area contributed by atoms with Crippen LogP contribution in [0, 0.1) is 6.92 Å². The standard InChI is InChI=1S/C7H8N6/c1-3-2-10-4-5(8)12-7(9)13-6(4)11-3/h2H,1H3,(H4,8,9,11,12,13). The van der Waals surface area contributed by atoms with Gasteiger partial charge in [0.05, 0.1) is 5.69 Å². The predicted molar refractivity (Wildman–Crippen MR) is 48.7 cm³/mol. The second kappa shape index (κ2) is 2.51. The van der Waals surface area contributed by atoms with Crippen LogP contribution in [-0.2, 0) is 0 Å². The number of nitrogen functional groups attached to an aromatic ring is 2. The molecule has 2 rings (SSSR count). The Bertz CT molecular complexity index is 460. The molecule has 0 radical (unpaired) electrons. The predicted octanol–water partition coefficient (Wildman–Crippen LogP) is -0.107. The van der Waals surface area contributed by atoms with E-state index in [1.54, 1.807) is 6.20 Å². The first kappa shape index (κ1) is 7.66. The smallest absolute Gasteiger partial charge is 0.224 e. The molecule has 4 N–H and O–H groups in total. The highest BCUT2D eigenvalue weighted by Crippen LogP contribution is 2.13. The normalized spacial score (nSPS) is 10.5. The van der Waals surface area contributed by atoms with Crippen LogP contribution in [0.5, 0.6) is 0 Å². The molecule has 0 bridgehead atoms. The van der Waals surface area contributed by atoms with Crippen LogP contribution in [0.25, 0.3) is 11.2 Å². The van der Waals surface area contributed by atoms with Gasteiger partial charge in [-0.3, -0.25) is 0 Å². The number of anilines is 2. The van der Waals surface area contributed by atoms with Crippen LogP contribution in [0.2, 0.25) is 0 Å². The second-order valence-electron chi connectivity index (χ2n) is 2.65. The van der Waals surface area contributed by atoms with Crippen molar-refractivity contribution in [3.8, 4) is 0 Å². The van der Waals surface area contributed by atoms with Crippen molar-refractivity contribution in [2.45, 2.75) is 6.92 Å². The summed E-state index contributed by atoms with van der Waals surface area (Å²) in [6.07, 6.45) is 1.61. The van der Waals surface area contributed by atoms with Gasteiger partial charge in [-0.2, -0.15) is 9.97 Å². The molecule has 2 heterocycles. The Labute approximate surface area is 74.0 Å². The zero-order valence-electron chi connectivity index (χ0n) is 7.02. The maximum absolute atomic E-state index is 5.57. The van der Waals surface area contributed by atoms with Crippen LogP contribution in [0.15, 0.2) is 6.20 Å². The van der Waals surface area contributed by atoms with Crippen molar-refractivity contribution in [3.63, 3.8) is 0 Å². The summed E-state index contributed by atoms with van der Waals surface area (Å²) in [5.74, 6) is 0.375. The molecule has 0 aliphatic rings. The van der Waals surface area contributed by atoms with E-state index in [-0.39, 0.29) is 11.8 Å². The van der Waals surface area contributed by atoms with E-state index in [1.165, 1.54) is 0 Å². The zero-order valence-corrected chi connectivity index (χ0v) is 7.02. The largest absolute Gasteiger partial charge is 0.382 e. The van der Waals surface area contributed by atoms with Gasteiger partial charge in [0.25, 0.3) is 0 Å². The van der Waals surface area contributed by atoms with E-state index >= 15 is 0 Å². The minimum atomic E-state index is 0.116. The summed E-state index contributed by atoms with van der Waals surface area (Å²) in [6.45, 7) is 1.82. The lowest BCUT2D eigenvalue weighted by molar-refractivity contribution is 1.12. The van der Waals surface area contributed by atoms with Crippen LogP contribution in [0.1, 0.15) is 5.69 Å². The van der Waals surface area contributed by atoms with Gasteiger partial charge in [-0.15, -0.1) is 0 Å². The van der Waals surface area contributed by atoms with Gasteiger partial charge in [0.2, 0.25) is 5.95 Å². The van der Waals surface area contributed by atoms with Crippen molar-refractivity contribution in [2.75, 3.05) is 11.5 Å². The number of hydrogen-bond donors (Lipinski definition) is 2. The highest BCUT2D eigenvalue weighted by molar-refractivity contribution is 5.81. The van der Waals surface area contributed by atoms with Crippen molar-refractivity contribution < 1.29 is 0 Å². The molecule has 6 heteroatoms. The lowest BCUT2D eigenvalue weighted by atomic mass is 10.4. The number of hydrogen-bond acceptors (Lipinski definition) is 6. The summed E-state index contributed by atoms with van der Waals surface area (Å²) in [4.78, 5) is 15.9. The van der Waals surface area contributed by atoms with Crippen LogP contribution in [-0.4, -0.2) is 19.9 Å². The average Bonchev–Trinajstić information content (AvgIpc) is 2.02. The third-order valence-electron chi connectivity index (χ3n) is 1.57. The first-order valence-electron chi connectivity index (χ1n) is 3.69. The Balaban J connectivity index is 2.86. The molecule has 6 nitrogen and oxygen atoms in total. The number of nitrogens with two attached hydrogens (primary N) is 2. The number of rotatable bonds is 0. The molecule has 0 aliphatic heterocycles. The third kappa shape index (κ3) is 1.22.